The van der Waals surface area contributed by atoms with Crippen LogP contribution in [0.3, 0.4) is 0 Å². The van der Waals surface area contributed by atoms with Crippen molar-refractivity contribution >= 4 is 5.96 Å². The van der Waals surface area contributed by atoms with Crippen LogP contribution >= 0.6 is 0 Å². The molecule has 0 aliphatic carbocycles. The number of nitrogens with zero attached hydrogens (tertiary/aromatic N) is 2. The second kappa shape index (κ2) is 3.17. The van der Waals surface area contributed by atoms with Crippen LogP contribution in [0.25, 0.3) is 0 Å². The number of hydrogen-bond donors (Lipinski definition) is 3. The average molecular weight is 159 g/mol. The van der Waals surface area contributed by atoms with Gasteiger partial charge >= 0.3 is 5.96 Å². The third-order valence-corrected chi connectivity index (χ3v) is 2.09. The first kappa shape index (κ1) is 8.45. The van der Waals surface area contributed by atoms with Crippen molar-refractivity contribution in [2.24, 2.45) is 10.8 Å². The van der Waals surface area contributed by atoms with Crippen LogP contribution in [0.1, 0.15) is 0 Å². The van der Waals surface area contributed by atoms with Crippen molar-refractivity contribution < 1.29 is 9.59 Å². The van der Waals surface area contributed by atoms with Crippen LogP contribution in [0.4, 0.5) is 0 Å². The topological polar surface area (TPSA) is 70.6 Å². The van der Waals surface area contributed by atoms with Gasteiger partial charge in [0.15, 0.2) is 0 Å². The molecule has 1 rings (SSSR count). The SMILES string of the molecule is C[N+]1(CCO)CCN=C1NN. The molecule has 0 bridgehead atoms. The Bertz CT molecular complexity index is 170. The van der Waals surface area contributed by atoms with Crippen LogP contribution in [0.5, 0.6) is 0 Å². The Kier molecular flexibility index (Phi) is 2.43. The Balaban J connectivity index is 2.62. The van der Waals surface area contributed by atoms with Crippen molar-refractivity contribution in [3.05, 3.63) is 0 Å². The molecule has 5 heteroatoms. The number of hydrazine groups is 1. The molecule has 4 N–H and O–H groups in total. The molecule has 5 nitrogen and oxygen atoms in total. The first-order valence-electron chi connectivity index (χ1n) is 3.70. The number of aliphatic hydroxyl groups excluding tert-OH is 1. The first-order valence-corrected chi connectivity index (χ1v) is 3.70. The molecule has 0 aromatic carbocycles. The summed E-state index contributed by atoms with van der Waals surface area (Å²) >= 11 is 0. The van der Waals surface area contributed by atoms with Crippen LogP contribution in [-0.2, 0) is 0 Å². The summed E-state index contributed by atoms with van der Waals surface area (Å²) in [6, 6.07) is 0. The molecule has 0 amide bonds. The predicted molar refractivity (Wildman–Crippen MR) is 42.6 cm³/mol. The van der Waals surface area contributed by atoms with Crippen LogP contribution in [0, 0.1) is 0 Å². The summed E-state index contributed by atoms with van der Waals surface area (Å²) < 4.78 is 0.618. The molecule has 1 aliphatic rings. The second-order valence-corrected chi connectivity index (χ2v) is 2.92. The number of rotatable bonds is 2. The smallest absolute Gasteiger partial charge is 0.312 e. The Morgan fingerprint density at radius 3 is 3.09 bits per heavy atom. The normalized spacial score (nSPS) is 30.3. The molecule has 64 valence electrons. The van der Waals surface area contributed by atoms with Crippen molar-refractivity contribution in [2.45, 2.75) is 0 Å². The van der Waals surface area contributed by atoms with E-state index in [1.807, 2.05) is 7.05 Å². The third-order valence-electron chi connectivity index (χ3n) is 2.09. The van der Waals surface area contributed by atoms with Crippen molar-refractivity contribution in [3.8, 4) is 0 Å². The highest BCUT2D eigenvalue weighted by Gasteiger charge is 2.32. The summed E-state index contributed by atoms with van der Waals surface area (Å²) in [5.41, 5.74) is 2.55. The minimum Gasteiger partial charge on any atom is -0.390 e. The van der Waals surface area contributed by atoms with Gasteiger partial charge in [-0.05, 0) is 0 Å². The number of quaternary nitrogens is 1. The Morgan fingerprint density at radius 1 is 1.82 bits per heavy atom. The Hall–Kier alpha value is -0.650. The molecule has 0 spiro atoms. The molecule has 0 saturated heterocycles. The molecule has 0 fully saturated rings. The molecular formula is C6H15N4O+. The molecule has 1 atom stereocenters. The fraction of sp³-hybridized carbons (Fsp3) is 0.833. The summed E-state index contributed by atoms with van der Waals surface area (Å²) in [6.07, 6.45) is 0. The van der Waals surface area contributed by atoms with Gasteiger partial charge in [-0.3, -0.25) is 9.91 Å². The minimum absolute atomic E-state index is 0.164. The van der Waals surface area contributed by atoms with Crippen LogP contribution < -0.4 is 11.3 Å². The number of nitrogens with two attached hydrogens (primary N) is 1. The quantitative estimate of drug-likeness (QED) is 0.254. The van der Waals surface area contributed by atoms with Crippen LogP contribution in [0.15, 0.2) is 4.99 Å². The molecule has 0 saturated carbocycles. The average Bonchev–Trinajstić information content (AvgIpc) is 2.31. The van der Waals surface area contributed by atoms with Crippen molar-refractivity contribution in [2.75, 3.05) is 33.3 Å². The highest BCUT2D eigenvalue weighted by molar-refractivity contribution is 5.73. The van der Waals surface area contributed by atoms with E-state index in [0.29, 0.717) is 11.0 Å². The van der Waals surface area contributed by atoms with E-state index in [9.17, 15) is 0 Å². The van der Waals surface area contributed by atoms with E-state index in [2.05, 4.69) is 10.4 Å². The maximum atomic E-state index is 8.77. The van der Waals surface area contributed by atoms with Crippen LogP contribution in [-0.4, -0.2) is 48.8 Å². The molecule has 11 heavy (non-hydrogen) atoms. The monoisotopic (exact) mass is 159 g/mol. The number of hydrogen-bond acceptors (Lipinski definition) is 4. The van der Waals surface area contributed by atoms with Gasteiger partial charge in [-0.25, -0.2) is 10.8 Å². The van der Waals surface area contributed by atoms with Gasteiger partial charge in [0.2, 0.25) is 0 Å². The fourth-order valence-corrected chi connectivity index (χ4v) is 1.29. The summed E-state index contributed by atoms with van der Waals surface area (Å²) in [6.45, 7) is 2.54. The fourth-order valence-electron chi connectivity index (χ4n) is 1.29. The van der Waals surface area contributed by atoms with E-state index in [1.165, 1.54) is 0 Å². The van der Waals surface area contributed by atoms with E-state index in [-0.39, 0.29) is 6.61 Å². The van der Waals surface area contributed by atoms with Crippen molar-refractivity contribution in [3.63, 3.8) is 0 Å². The Morgan fingerprint density at radius 2 is 2.55 bits per heavy atom. The highest BCUT2D eigenvalue weighted by atomic mass is 16.3. The predicted octanol–water partition coefficient (Wildman–Crippen LogP) is -1.74. The van der Waals surface area contributed by atoms with Gasteiger partial charge in [0, 0.05) is 0 Å². The van der Waals surface area contributed by atoms with Gasteiger partial charge < -0.3 is 5.11 Å². The number of aliphatic imine (C=N–C) groups is 1. The highest BCUT2D eigenvalue weighted by Crippen LogP contribution is 2.08. The van der Waals surface area contributed by atoms with Gasteiger partial charge in [0.1, 0.15) is 13.1 Å². The third kappa shape index (κ3) is 1.50. The number of guanidine groups is 1. The zero-order valence-corrected chi connectivity index (χ0v) is 6.75. The first-order chi connectivity index (χ1) is 5.23. The Labute approximate surface area is 66.1 Å². The van der Waals surface area contributed by atoms with E-state index in [0.717, 1.165) is 19.0 Å². The zero-order valence-electron chi connectivity index (χ0n) is 6.75. The molecule has 1 aliphatic heterocycles. The standard InChI is InChI=1S/C6H15N4O/c1-10(4-5-11)3-2-8-6(10)9-7/h11H,2-5,7H2,1H3,(H,8,9)/q+1. The van der Waals surface area contributed by atoms with Gasteiger partial charge in [-0.15, -0.1) is 0 Å². The lowest BCUT2D eigenvalue weighted by molar-refractivity contribution is -0.816. The summed E-state index contributed by atoms with van der Waals surface area (Å²) in [4.78, 5) is 4.17. The maximum absolute atomic E-state index is 8.77. The maximum Gasteiger partial charge on any atom is 0.312 e. The lowest BCUT2D eigenvalue weighted by Gasteiger charge is -2.27. The summed E-state index contributed by atoms with van der Waals surface area (Å²) in [5.74, 6) is 6.02. The molecule has 1 heterocycles. The van der Waals surface area contributed by atoms with Crippen molar-refractivity contribution in [1.29, 1.82) is 0 Å². The van der Waals surface area contributed by atoms with E-state index in [4.69, 9.17) is 10.9 Å². The van der Waals surface area contributed by atoms with E-state index in [1.54, 1.807) is 0 Å². The van der Waals surface area contributed by atoms with Gasteiger partial charge in [-0.2, -0.15) is 0 Å². The summed E-state index contributed by atoms with van der Waals surface area (Å²) in [5, 5.41) is 8.77. The van der Waals surface area contributed by atoms with E-state index >= 15 is 0 Å². The zero-order chi connectivity index (χ0) is 8.32. The molecule has 0 radical (unpaired) electrons. The lowest BCUT2D eigenvalue weighted by Crippen LogP contribution is -2.56. The molecular weight excluding hydrogens is 144 g/mol. The van der Waals surface area contributed by atoms with Gasteiger partial charge in [0.05, 0.1) is 20.2 Å². The molecule has 0 aromatic rings. The largest absolute Gasteiger partial charge is 0.390 e. The van der Waals surface area contributed by atoms with Gasteiger partial charge in [-0.1, -0.05) is 0 Å². The summed E-state index contributed by atoms with van der Waals surface area (Å²) in [7, 11) is 2.00. The van der Waals surface area contributed by atoms with Gasteiger partial charge in [0.25, 0.3) is 0 Å². The molecule has 1 unspecified atom stereocenters. The van der Waals surface area contributed by atoms with E-state index < -0.39 is 0 Å². The number of aliphatic hydroxyl groups is 1. The lowest BCUT2D eigenvalue weighted by atomic mass is 10.4. The number of likely N-dealkylation sites (N-methyl/N-ethyl adjacent to an activating group) is 1. The minimum atomic E-state index is 0.164. The van der Waals surface area contributed by atoms with Crippen molar-refractivity contribution in [1.82, 2.24) is 5.43 Å². The molecule has 0 aromatic heterocycles. The number of nitrogens with one attached hydrogen (secondary N) is 1. The second-order valence-electron chi connectivity index (χ2n) is 2.92. The van der Waals surface area contributed by atoms with Crippen LogP contribution in [0.2, 0.25) is 0 Å².